The van der Waals surface area contributed by atoms with Crippen LogP contribution in [-0.2, 0) is 19.4 Å². The van der Waals surface area contributed by atoms with Crippen LogP contribution >= 0.6 is 15.9 Å². The maximum atomic E-state index is 10.3. The summed E-state index contributed by atoms with van der Waals surface area (Å²) in [6.07, 6.45) is 0.190. The largest absolute Gasteiger partial charge is 0.366 e. The van der Waals surface area contributed by atoms with Crippen molar-refractivity contribution < 1.29 is 19.4 Å². The molecule has 0 bridgehead atoms. The second-order valence-corrected chi connectivity index (χ2v) is 1.96. The minimum Gasteiger partial charge on any atom is -0.247 e. The highest BCUT2D eigenvalue weighted by Gasteiger charge is 2.04. The van der Waals surface area contributed by atoms with Crippen LogP contribution in [0.1, 0.15) is 13.3 Å². The molecule has 0 radical (unpaired) electrons. The van der Waals surface area contributed by atoms with Crippen LogP contribution in [0.3, 0.4) is 0 Å². The molecule has 0 aliphatic rings. The van der Waals surface area contributed by atoms with E-state index >= 15 is 0 Å². The molecule has 0 aromatic heterocycles. The zero-order chi connectivity index (χ0) is 7.98. The molecule has 58 valence electrons. The number of rotatable bonds is 2. The Kier molecular flexibility index (Phi) is 4.92. The van der Waals surface area contributed by atoms with Crippen molar-refractivity contribution in [3.05, 3.63) is 0 Å². The molecular formula is C5H7BrO4. The van der Waals surface area contributed by atoms with E-state index in [1.54, 1.807) is 6.92 Å². The van der Waals surface area contributed by atoms with Crippen LogP contribution in [-0.4, -0.2) is 17.3 Å². The van der Waals surface area contributed by atoms with Gasteiger partial charge >= 0.3 is 11.9 Å². The quantitative estimate of drug-likeness (QED) is 0.385. The van der Waals surface area contributed by atoms with E-state index in [1.165, 1.54) is 0 Å². The van der Waals surface area contributed by atoms with Crippen molar-refractivity contribution in [2.75, 3.05) is 5.33 Å². The summed E-state index contributed by atoms with van der Waals surface area (Å²) in [6, 6.07) is 0. The Labute approximate surface area is 66.5 Å². The molecule has 0 amide bonds. The Bertz CT molecular complexity index is 118. The van der Waals surface area contributed by atoms with Gasteiger partial charge in [-0.2, -0.15) is 0 Å². The van der Waals surface area contributed by atoms with Crippen molar-refractivity contribution in [3.63, 3.8) is 0 Å². The summed E-state index contributed by atoms with van der Waals surface area (Å²) in [6.45, 7) is 1.60. The first-order valence-electron chi connectivity index (χ1n) is 2.66. The molecule has 4 nitrogen and oxygen atoms in total. The van der Waals surface area contributed by atoms with Crippen LogP contribution in [0.15, 0.2) is 0 Å². The summed E-state index contributed by atoms with van der Waals surface area (Å²) in [5.41, 5.74) is 0. The lowest BCUT2D eigenvalue weighted by Gasteiger charge is -1.97. The number of alkyl halides is 1. The number of hydrogen-bond donors (Lipinski definition) is 0. The van der Waals surface area contributed by atoms with Gasteiger partial charge in [-0.1, -0.05) is 22.9 Å². The molecule has 0 aliphatic carbocycles. The van der Waals surface area contributed by atoms with Crippen molar-refractivity contribution >= 4 is 27.9 Å². The standard InChI is InChI=1S/C5H7BrO4/c1-2-4(7)9-10-5(8)3-6/h2-3H2,1H3. The molecular weight excluding hydrogens is 204 g/mol. The third-order valence-corrected chi connectivity index (χ3v) is 1.08. The predicted octanol–water partition coefficient (Wildman–Crippen LogP) is 0.793. The van der Waals surface area contributed by atoms with Gasteiger partial charge in [-0.15, -0.1) is 0 Å². The average Bonchev–Trinajstić information content (AvgIpc) is 1.99. The van der Waals surface area contributed by atoms with E-state index in [1.807, 2.05) is 0 Å². The van der Waals surface area contributed by atoms with Crippen molar-refractivity contribution in [1.29, 1.82) is 0 Å². The van der Waals surface area contributed by atoms with E-state index in [2.05, 4.69) is 25.7 Å². The highest BCUT2D eigenvalue weighted by molar-refractivity contribution is 9.09. The summed E-state index contributed by atoms with van der Waals surface area (Å²) in [4.78, 5) is 28.6. The van der Waals surface area contributed by atoms with E-state index in [9.17, 15) is 9.59 Å². The van der Waals surface area contributed by atoms with Crippen molar-refractivity contribution in [1.82, 2.24) is 0 Å². The van der Waals surface area contributed by atoms with E-state index < -0.39 is 11.9 Å². The third-order valence-electron chi connectivity index (χ3n) is 0.625. The van der Waals surface area contributed by atoms with Gasteiger partial charge in [0.15, 0.2) is 0 Å². The lowest BCUT2D eigenvalue weighted by Crippen LogP contribution is -2.10. The first kappa shape index (κ1) is 9.42. The first-order valence-corrected chi connectivity index (χ1v) is 3.79. The Morgan fingerprint density at radius 3 is 2.20 bits per heavy atom. The molecule has 0 atom stereocenters. The highest BCUT2D eigenvalue weighted by atomic mass is 79.9. The van der Waals surface area contributed by atoms with Gasteiger partial charge < -0.3 is 0 Å². The van der Waals surface area contributed by atoms with E-state index in [0.29, 0.717) is 0 Å². The molecule has 0 aliphatic heterocycles. The smallest absolute Gasteiger partial charge is 0.247 e. The van der Waals surface area contributed by atoms with Gasteiger partial charge in [-0.3, -0.25) is 0 Å². The minimum absolute atomic E-state index is 0.0179. The second-order valence-electron chi connectivity index (χ2n) is 1.40. The third kappa shape index (κ3) is 4.31. The van der Waals surface area contributed by atoms with Gasteiger partial charge in [0.1, 0.15) is 5.33 Å². The Morgan fingerprint density at radius 2 is 1.80 bits per heavy atom. The molecule has 0 saturated carbocycles. The van der Waals surface area contributed by atoms with Gasteiger partial charge in [0, 0.05) is 6.42 Å². The summed E-state index contributed by atoms with van der Waals surface area (Å²) < 4.78 is 0. The van der Waals surface area contributed by atoms with E-state index in [0.717, 1.165) is 0 Å². The molecule has 10 heavy (non-hydrogen) atoms. The molecule has 0 spiro atoms. The molecule has 0 saturated heterocycles. The summed E-state index contributed by atoms with van der Waals surface area (Å²) in [5, 5.41) is 0.0179. The summed E-state index contributed by atoms with van der Waals surface area (Å²) in [5.74, 6) is -1.18. The second kappa shape index (κ2) is 5.22. The van der Waals surface area contributed by atoms with Crippen LogP contribution in [0.25, 0.3) is 0 Å². The fraction of sp³-hybridized carbons (Fsp3) is 0.600. The van der Waals surface area contributed by atoms with E-state index in [-0.39, 0.29) is 11.8 Å². The SMILES string of the molecule is CCC(=O)OOC(=O)CBr. The fourth-order valence-electron chi connectivity index (χ4n) is 0.174. The Morgan fingerprint density at radius 1 is 1.30 bits per heavy atom. The van der Waals surface area contributed by atoms with Gasteiger partial charge in [0.2, 0.25) is 0 Å². The molecule has 0 heterocycles. The van der Waals surface area contributed by atoms with Crippen LogP contribution in [0, 0.1) is 0 Å². The van der Waals surface area contributed by atoms with Gasteiger partial charge in [-0.05, 0) is 0 Å². The van der Waals surface area contributed by atoms with Crippen LogP contribution in [0.5, 0.6) is 0 Å². The molecule has 0 fully saturated rings. The van der Waals surface area contributed by atoms with Gasteiger partial charge in [0.25, 0.3) is 0 Å². The maximum absolute atomic E-state index is 10.3. The van der Waals surface area contributed by atoms with Crippen molar-refractivity contribution in [2.45, 2.75) is 13.3 Å². The fourth-order valence-corrected chi connectivity index (χ4v) is 0.268. The van der Waals surface area contributed by atoms with Crippen LogP contribution in [0.2, 0.25) is 0 Å². The van der Waals surface area contributed by atoms with E-state index in [4.69, 9.17) is 0 Å². The van der Waals surface area contributed by atoms with Crippen molar-refractivity contribution in [3.8, 4) is 0 Å². The molecule has 0 aromatic carbocycles. The number of halogens is 1. The van der Waals surface area contributed by atoms with Crippen LogP contribution in [0.4, 0.5) is 0 Å². The van der Waals surface area contributed by atoms with Crippen LogP contribution < -0.4 is 0 Å². The predicted molar refractivity (Wildman–Crippen MR) is 36.3 cm³/mol. The maximum Gasteiger partial charge on any atom is 0.366 e. The number of carbonyl (C=O) groups excluding carboxylic acids is 2. The molecule has 0 rings (SSSR count). The lowest BCUT2D eigenvalue weighted by molar-refractivity contribution is -0.256. The molecule has 0 unspecified atom stereocenters. The highest BCUT2D eigenvalue weighted by Crippen LogP contribution is 1.89. The number of hydrogen-bond acceptors (Lipinski definition) is 4. The average molecular weight is 211 g/mol. The van der Waals surface area contributed by atoms with Gasteiger partial charge in [0.05, 0.1) is 0 Å². The Hall–Kier alpha value is -0.580. The first-order chi connectivity index (χ1) is 4.70. The van der Waals surface area contributed by atoms with Gasteiger partial charge in [-0.25, -0.2) is 19.4 Å². The lowest BCUT2D eigenvalue weighted by atomic mass is 10.5. The monoisotopic (exact) mass is 210 g/mol. The van der Waals surface area contributed by atoms with Crippen molar-refractivity contribution in [2.24, 2.45) is 0 Å². The molecule has 0 aromatic rings. The molecule has 0 N–H and O–H groups in total. The minimum atomic E-state index is -0.623. The summed E-state index contributed by atoms with van der Waals surface area (Å²) >= 11 is 2.82. The molecule has 5 heteroatoms. The topological polar surface area (TPSA) is 52.6 Å². The zero-order valence-corrected chi connectivity index (χ0v) is 7.01. The normalized spacial score (nSPS) is 8.60. The zero-order valence-electron chi connectivity index (χ0n) is 5.43. The number of carbonyl (C=O) groups is 2. The Balaban J connectivity index is 3.35. The summed E-state index contributed by atoms with van der Waals surface area (Å²) in [7, 11) is 0.